The standard InChI is InChI=1S/C37H47N5O5/c1-6-41(28-9-15-47-16-10-28)32-20-27(18-29(25(32)4)34(43)38-21-30-23(2)17-24(3)39-35(30)44)26-7-8-31-33(19-26)42(36(45)46)22-37(31)11-13-40(5)14-12-37/h7-8,17-20,28H,6,9-16,21-22H2,1-5H3,(H,38,43)(H,39,44)(H,45,46). The number of anilines is 2. The Morgan fingerprint density at radius 3 is 2.45 bits per heavy atom. The molecule has 10 heteroatoms. The van der Waals surface area contributed by atoms with E-state index in [1.165, 1.54) is 4.90 Å². The number of nitrogens with one attached hydrogen (secondary N) is 2. The molecule has 3 N–H and O–H groups in total. The number of likely N-dealkylation sites (tertiary alicyclic amines) is 1. The molecule has 6 rings (SSSR count). The Kier molecular flexibility index (Phi) is 9.18. The molecule has 0 radical (unpaired) electrons. The molecule has 0 bridgehead atoms. The summed E-state index contributed by atoms with van der Waals surface area (Å²) in [7, 11) is 2.11. The predicted octanol–water partition coefficient (Wildman–Crippen LogP) is 5.36. The van der Waals surface area contributed by atoms with E-state index in [9.17, 15) is 19.5 Å². The summed E-state index contributed by atoms with van der Waals surface area (Å²) in [5.74, 6) is -0.258. The Balaban J connectivity index is 1.42. The SMILES string of the molecule is CCN(c1cc(-c2ccc3c(c2)N(C(=O)O)CC32CCN(C)CC2)cc(C(=O)NCc2c(C)cc(C)[nH]c2=O)c1C)C1CCOCC1. The second-order valence-corrected chi connectivity index (χ2v) is 13.6. The van der Waals surface area contributed by atoms with Crippen LogP contribution in [0.25, 0.3) is 11.1 Å². The Bertz CT molecular complexity index is 1740. The van der Waals surface area contributed by atoms with Gasteiger partial charge in [0.1, 0.15) is 0 Å². The van der Waals surface area contributed by atoms with Crippen molar-refractivity contribution < 1.29 is 19.4 Å². The van der Waals surface area contributed by atoms with Gasteiger partial charge in [0, 0.05) is 66.8 Å². The molecule has 3 aliphatic heterocycles. The van der Waals surface area contributed by atoms with Gasteiger partial charge in [-0.3, -0.25) is 14.5 Å². The molecule has 2 fully saturated rings. The molecule has 4 heterocycles. The number of piperidine rings is 1. The molecule has 3 aromatic rings. The minimum absolute atomic E-state index is 0.112. The summed E-state index contributed by atoms with van der Waals surface area (Å²) < 4.78 is 5.67. The fourth-order valence-corrected chi connectivity index (χ4v) is 7.89. The number of aromatic amines is 1. The first-order valence-electron chi connectivity index (χ1n) is 16.8. The zero-order valence-electron chi connectivity index (χ0n) is 28.2. The molecule has 0 saturated carbocycles. The highest BCUT2D eigenvalue weighted by Crippen LogP contribution is 2.48. The Morgan fingerprint density at radius 2 is 1.79 bits per heavy atom. The number of ether oxygens (including phenoxy) is 1. The van der Waals surface area contributed by atoms with Crippen molar-refractivity contribution in [3.8, 4) is 11.1 Å². The van der Waals surface area contributed by atoms with Crippen LogP contribution in [0.15, 0.2) is 41.2 Å². The number of aryl methyl sites for hydroxylation is 2. The number of carboxylic acid groups (broad SMARTS) is 1. The highest BCUT2D eigenvalue weighted by molar-refractivity contribution is 5.99. The maximum Gasteiger partial charge on any atom is 0.411 e. The number of rotatable bonds is 7. The van der Waals surface area contributed by atoms with E-state index in [-0.39, 0.29) is 29.5 Å². The summed E-state index contributed by atoms with van der Waals surface area (Å²) >= 11 is 0. The molecule has 0 aliphatic carbocycles. The second-order valence-electron chi connectivity index (χ2n) is 13.6. The molecule has 2 amide bonds. The number of H-pyrrole nitrogens is 1. The monoisotopic (exact) mass is 641 g/mol. The smallest absolute Gasteiger partial charge is 0.411 e. The lowest BCUT2D eigenvalue weighted by Gasteiger charge is -2.38. The molecule has 0 atom stereocenters. The number of hydrogen-bond acceptors (Lipinski definition) is 6. The minimum atomic E-state index is -0.943. The van der Waals surface area contributed by atoms with Crippen LogP contribution >= 0.6 is 0 Å². The van der Waals surface area contributed by atoms with Gasteiger partial charge in [0.05, 0.1) is 5.69 Å². The van der Waals surface area contributed by atoms with E-state index in [4.69, 9.17) is 4.74 Å². The quantitative estimate of drug-likeness (QED) is 0.318. The first-order chi connectivity index (χ1) is 22.5. The normalized spacial score (nSPS) is 17.9. The van der Waals surface area contributed by atoms with Gasteiger partial charge in [-0.1, -0.05) is 12.1 Å². The maximum atomic E-state index is 14.0. The summed E-state index contributed by atoms with van der Waals surface area (Å²) in [5, 5.41) is 13.3. The molecule has 2 aromatic carbocycles. The van der Waals surface area contributed by atoms with Crippen molar-refractivity contribution in [2.24, 2.45) is 0 Å². The van der Waals surface area contributed by atoms with Crippen LogP contribution in [0, 0.1) is 20.8 Å². The van der Waals surface area contributed by atoms with E-state index in [1.54, 1.807) is 0 Å². The van der Waals surface area contributed by atoms with Crippen molar-refractivity contribution in [3.63, 3.8) is 0 Å². The summed E-state index contributed by atoms with van der Waals surface area (Å²) in [6.07, 6.45) is 2.69. The van der Waals surface area contributed by atoms with Gasteiger partial charge in [-0.15, -0.1) is 0 Å². The number of carbonyl (C=O) groups is 2. The van der Waals surface area contributed by atoms with Gasteiger partial charge in [0.15, 0.2) is 0 Å². The first-order valence-corrected chi connectivity index (χ1v) is 16.8. The number of amides is 2. The van der Waals surface area contributed by atoms with Gasteiger partial charge >= 0.3 is 6.09 Å². The van der Waals surface area contributed by atoms with Crippen LogP contribution in [0.3, 0.4) is 0 Å². The van der Waals surface area contributed by atoms with Crippen LogP contribution in [-0.2, 0) is 16.7 Å². The van der Waals surface area contributed by atoms with Crippen molar-refractivity contribution in [2.75, 3.05) is 56.2 Å². The number of pyridine rings is 1. The summed E-state index contributed by atoms with van der Waals surface area (Å²) in [6.45, 7) is 12.4. The second kappa shape index (κ2) is 13.2. The van der Waals surface area contributed by atoms with Gasteiger partial charge in [-0.2, -0.15) is 0 Å². The van der Waals surface area contributed by atoms with Gasteiger partial charge in [-0.05, 0) is 126 Å². The highest BCUT2D eigenvalue weighted by atomic mass is 16.5. The fraction of sp³-hybridized carbons (Fsp3) is 0.486. The third-order valence-corrected chi connectivity index (χ3v) is 10.7. The molecule has 0 unspecified atom stereocenters. The number of hydrogen-bond donors (Lipinski definition) is 3. The molecular weight excluding hydrogens is 594 g/mol. The van der Waals surface area contributed by atoms with E-state index in [0.717, 1.165) is 90.2 Å². The number of carbonyl (C=O) groups excluding carboxylic acids is 1. The van der Waals surface area contributed by atoms with Gasteiger partial charge in [0.2, 0.25) is 0 Å². The third-order valence-electron chi connectivity index (χ3n) is 10.7. The topological polar surface area (TPSA) is 118 Å². The molecular formula is C37H47N5O5. The van der Waals surface area contributed by atoms with Crippen LogP contribution in [0.2, 0.25) is 0 Å². The summed E-state index contributed by atoms with van der Waals surface area (Å²) in [4.78, 5) is 48.2. The molecule has 2 saturated heterocycles. The van der Waals surface area contributed by atoms with E-state index >= 15 is 0 Å². The lowest BCUT2D eigenvalue weighted by Crippen LogP contribution is -2.44. The van der Waals surface area contributed by atoms with Crippen molar-refractivity contribution in [1.82, 2.24) is 15.2 Å². The zero-order chi connectivity index (χ0) is 33.5. The predicted molar refractivity (Wildman–Crippen MR) is 185 cm³/mol. The van der Waals surface area contributed by atoms with E-state index in [1.807, 2.05) is 39.0 Å². The van der Waals surface area contributed by atoms with Crippen molar-refractivity contribution in [1.29, 1.82) is 0 Å². The third kappa shape index (κ3) is 6.28. The fourth-order valence-electron chi connectivity index (χ4n) is 7.89. The minimum Gasteiger partial charge on any atom is -0.465 e. The van der Waals surface area contributed by atoms with Crippen LogP contribution in [0.5, 0.6) is 0 Å². The number of fused-ring (bicyclic) bond motifs is 2. The van der Waals surface area contributed by atoms with Gasteiger partial charge < -0.3 is 29.9 Å². The van der Waals surface area contributed by atoms with E-state index in [0.29, 0.717) is 30.9 Å². The Morgan fingerprint density at radius 1 is 1.06 bits per heavy atom. The molecule has 1 spiro atoms. The maximum absolute atomic E-state index is 14.0. The Labute approximate surface area is 276 Å². The summed E-state index contributed by atoms with van der Waals surface area (Å²) in [5.41, 5.74) is 7.69. The lowest BCUT2D eigenvalue weighted by atomic mass is 9.74. The average Bonchev–Trinajstić information content (AvgIpc) is 3.37. The molecule has 10 nitrogen and oxygen atoms in total. The average molecular weight is 642 g/mol. The number of aromatic nitrogens is 1. The van der Waals surface area contributed by atoms with E-state index < -0.39 is 6.09 Å². The zero-order valence-corrected chi connectivity index (χ0v) is 28.2. The van der Waals surface area contributed by atoms with Crippen LogP contribution in [0.1, 0.15) is 70.9 Å². The molecule has 47 heavy (non-hydrogen) atoms. The van der Waals surface area contributed by atoms with Gasteiger partial charge in [0.25, 0.3) is 11.5 Å². The van der Waals surface area contributed by atoms with Crippen molar-refractivity contribution in [2.45, 2.75) is 71.4 Å². The molecule has 1 aromatic heterocycles. The van der Waals surface area contributed by atoms with Gasteiger partial charge in [-0.25, -0.2) is 4.79 Å². The number of benzene rings is 2. The molecule has 250 valence electrons. The first kappa shape index (κ1) is 32.8. The van der Waals surface area contributed by atoms with Crippen molar-refractivity contribution in [3.05, 3.63) is 80.3 Å². The Hall–Kier alpha value is -4.15. The number of nitrogens with zero attached hydrogens (tertiary/aromatic N) is 3. The largest absolute Gasteiger partial charge is 0.465 e. The van der Waals surface area contributed by atoms with Crippen LogP contribution in [-0.4, -0.2) is 79.5 Å². The highest BCUT2D eigenvalue weighted by Gasteiger charge is 2.46. The van der Waals surface area contributed by atoms with Crippen LogP contribution in [0.4, 0.5) is 16.2 Å². The van der Waals surface area contributed by atoms with Crippen molar-refractivity contribution >= 4 is 23.4 Å². The lowest BCUT2D eigenvalue weighted by molar-refractivity contribution is 0.0846. The van der Waals surface area contributed by atoms with Crippen LogP contribution < -0.4 is 20.7 Å². The molecule has 3 aliphatic rings. The van der Waals surface area contributed by atoms with E-state index in [2.05, 4.69) is 52.3 Å². The summed E-state index contributed by atoms with van der Waals surface area (Å²) in [6, 6.07) is 12.4.